The molecule has 1 aromatic carbocycles. The van der Waals surface area contributed by atoms with E-state index in [1.807, 2.05) is 0 Å². The second kappa shape index (κ2) is 7.62. The van der Waals surface area contributed by atoms with Crippen LogP contribution in [0.1, 0.15) is 5.56 Å². The fourth-order valence-corrected chi connectivity index (χ4v) is 1.92. The molecule has 0 atom stereocenters. The van der Waals surface area contributed by atoms with Crippen molar-refractivity contribution < 1.29 is 46.2 Å². The van der Waals surface area contributed by atoms with Gasteiger partial charge in [-0.2, -0.15) is 17.4 Å². The fourth-order valence-electron chi connectivity index (χ4n) is 1.92. The molecule has 0 aliphatic heterocycles. The molecule has 0 N–H and O–H groups in total. The van der Waals surface area contributed by atoms with Crippen LogP contribution in [0.3, 0.4) is 0 Å². The molecule has 1 radical (unpaired) electrons. The standard InChI is InChI=1S/C15H11F2N2O2.Y/c1-9-3-4-13(19(2)15(9)20)14-11(16)7-10(8-12(14)17)21-6-5-18;/h3,7-8H,6H2,1-2H3;/q-1;. The molecule has 0 spiro atoms. The predicted octanol–water partition coefficient (Wildman–Crippen LogP) is 2.34. The number of ether oxygens (including phenoxy) is 1. The zero-order chi connectivity index (χ0) is 15.6. The number of hydrogen-bond donors (Lipinski definition) is 0. The van der Waals surface area contributed by atoms with Crippen molar-refractivity contribution in [2.45, 2.75) is 6.92 Å². The maximum atomic E-state index is 14.1. The van der Waals surface area contributed by atoms with Gasteiger partial charge < -0.3 is 9.30 Å². The van der Waals surface area contributed by atoms with Crippen LogP contribution in [-0.4, -0.2) is 11.2 Å². The Balaban J connectivity index is 0.00000242. The number of nitriles is 1. The van der Waals surface area contributed by atoms with Crippen LogP contribution in [0.5, 0.6) is 5.75 Å². The van der Waals surface area contributed by atoms with Crippen LogP contribution in [0, 0.1) is 36.0 Å². The number of hydrogen-bond acceptors (Lipinski definition) is 3. The smallest absolute Gasteiger partial charge is 0.197 e. The molecule has 2 rings (SSSR count). The molecule has 2 aromatic rings. The van der Waals surface area contributed by atoms with E-state index >= 15 is 0 Å². The molecule has 7 heteroatoms. The molecule has 0 bridgehead atoms. The summed E-state index contributed by atoms with van der Waals surface area (Å²) in [7, 11) is 1.42. The van der Waals surface area contributed by atoms with Gasteiger partial charge in [0.2, 0.25) is 0 Å². The van der Waals surface area contributed by atoms with Gasteiger partial charge in [-0.1, -0.05) is 18.2 Å². The van der Waals surface area contributed by atoms with Gasteiger partial charge in [0.15, 0.2) is 12.2 Å². The monoisotopic (exact) mass is 378 g/mol. The van der Waals surface area contributed by atoms with Crippen LogP contribution in [0.15, 0.2) is 23.0 Å². The minimum Gasteiger partial charge on any atom is -0.479 e. The van der Waals surface area contributed by atoms with Gasteiger partial charge >= 0.3 is 0 Å². The topological polar surface area (TPSA) is 55.0 Å². The van der Waals surface area contributed by atoms with E-state index in [9.17, 15) is 13.6 Å². The molecule has 0 fully saturated rings. The van der Waals surface area contributed by atoms with Crippen molar-refractivity contribution in [3.8, 4) is 23.1 Å². The van der Waals surface area contributed by atoms with Gasteiger partial charge in [-0.3, -0.25) is 4.79 Å². The van der Waals surface area contributed by atoms with Gasteiger partial charge in [0.25, 0.3) is 0 Å². The van der Waals surface area contributed by atoms with Gasteiger partial charge in [-0.05, 0) is 5.56 Å². The van der Waals surface area contributed by atoms with E-state index in [0.717, 1.165) is 16.7 Å². The number of rotatable bonds is 3. The average molecular weight is 378 g/mol. The molecule has 1 aromatic heterocycles. The van der Waals surface area contributed by atoms with Crippen LogP contribution >= 0.6 is 0 Å². The quantitative estimate of drug-likeness (QED) is 0.771. The zero-order valence-electron chi connectivity index (χ0n) is 12.0. The molecule has 0 saturated heterocycles. The fraction of sp³-hybridized carbons (Fsp3) is 0.200. The first-order valence-corrected chi connectivity index (χ1v) is 6.03. The van der Waals surface area contributed by atoms with Crippen LogP contribution in [0.2, 0.25) is 0 Å². The third kappa shape index (κ3) is 3.60. The van der Waals surface area contributed by atoms with Crippen molar-refractivity contribution in [2.75, 3.05) is 6.61 Å². The van der Waals surface area contributed by atoms with Crippen molar-refractivity contribution in [3.05, 3.63) is 51.8 Å². The normalized spacial score (nSPS) is 9.77. The Bertz CT molecular complexity index is 774. The Morgan fingerprint density at radius 3 is 2.50 bits per heavy atom. The average Bonchev–Trinajstić information content (AvgIpc) is 2.44. The minimum atomic E-state index is -0.891. The van der Waals surface area contributed by atoms with Crippen LogP contribution in [0.4, 0.5) is 8.78 Å². The van der Waals surface area contributed by atoms with Crippen LogP contribution < -0.4 is 10.3 Å². The molecule has 0 aliphatic rings. The second-order valence-corrected chi connectivity index (χ2v) is 4.39. The maximum absolute atomic E-state index is 14.1. The molecular formula is C15H11F2N2O2Y-. The number of aromatic nitrogens is 1. The Labute approximate surface area is 151 Å². The van der Waals surface area contributed by atoms with Gasteiger partial charge in [0.05, 0.1) is 11.6 Å². The first kappa shape index (κ1) is 18.5. The molecule has 111 valence electrons. The summed E-state index contributed by atoms with van der Waals surface area (Å²) in [6, 6.07) is 7.72. The first-order valence-electron chi connectivity index (χ1n) is 6.03. The summed E-state index contributed by atoms with van der Waals surface area (Å²) in [5.41, 5.74) is -0.283. The second-order valence-electron chi connectivity index (χ2n) is 4.39. The van der Waals surface area contributed by atoms with E-state index in [0.29, 0.717) is 5.56 Å². The van der Waals surface area contributed by atoms with E-state index in [4.69, 9.17) is 10.00 Å². The predicted molar refractivity (Wildman–Crippen MR) is 71.7 cm³/mol. The number of pyridine rings is 1. The summed E-state index contributed by atoms with van der Waals surface area (Å²) in [6.07, 6.45) is 0. The molecule has 1 heterocycles. The largest absolute Gasteiger partial charge is 0.479 e. The maximum Gasteiger partial charge on any atom is 0.197 e. The van der Waals surface area contributed by atoms with E-state index < -0.39 is 11.6 Å². The summed E-state index contributed by atoms with van der Waals surface area (Å²) in [5, 5.41) is 8.39. The van der Waals surface area contributed by atoms with Crippen molar-refractivity contribution in [3.63, 3.8) is 0 Å². The number of aryl methyl sites for hydroxylation is 1. The summed E-state index contributed by atoms with van der Waals surface area (Å²) < 4.78 is 34.2. The third-order valence-corrected chi connectivity index (χ3v) is 2.96. The van der Waals surface area contributed by atoms with Crippen LogP contribution in [-0.2, 0) is 39.8 Å². The minimum absolute atomic E-state index is 0. The molecule has 0 amide bonds. The molecule has 4 nitrogen and oxygen atoms in total. The Morgan fingerprint density at radius 1 is 1.36 bits per heavy atom. The van der Waals surface area contributed by atoms with Crippen molar-refractivity contribution >= 4 is 0 Å². The molecular weight excluding hydrogens is 367 g/mol. The summed E-state index contributed by atoms with van der Waals surface area (Å²) >= 11 is 0. The van der Waals surface area contributed by atoms with Gasteiger partial charge in [0.1, 0.15) is 11.8 Å². The first-order chi connectivity index (χ1) is 9.95. The summed E-state index contributed by atoms with van der Waals surface area (Å²) in [4.78, 5) is 11.8. The third-order valence-electron chi connectivity index (χ3n) is 2.96. The van der Waals surface area contributed by atoms with E-state index in [2.05, 4.69) is 6.07 Å². The number of nitrogens with zero attached hydrogens (tertiary/aromatic N) is 2. The molecule has 22 heavy (non-hydrogen) atoms. The van der Waals surface area contributed by atoms with E-state index in [1.165, 1.54) is 13.1 Å². The SMILES string of the molecule is Cc1c[c-]c(-c2c(F)cc(OCC#N)cc2F)n(C)c1=O.[Y]. The zero-order valence-corrected chi connectivity index (χ0v) is 14.8. The van der Waals surface area contributed by atoms with Gasteiger partial charge in [-0.15, -0.1) is 0 Å². The van der Waals surface area contributed by atoms with Gasteiger partial charge in [-0.25, -0.2) is 8.78 Å². The van der Waals surface area contributed by atoms with Crippen LogP contribution in [0.25, 0.3) is 11.3 Å². The van der Waals surface area contributed by atoms with E-state index in [1.54, 1.807) is 13.0 Å². The Morgan fingerprint density at radius 2 is 1.95 bits per heavy atom. The van der Waals surface area contributed by atoms with Gasteiger partial charge in [0, 0.05) is 51.9 Å². The molecule has 0 saturated carbocycles. The number of halogens is 2. The summed E-state index contributed by atoms with van der Waals surface area (Å²) in [5.74, 6) is -1.87. The number of benzene rings is 1. The van der Waals surface area contributed by atoms with E-state index in [-0.39, 0.29) is 61.9 Å². The Kier molecular flexibility index (Phi) is 6.39. The Hall–Kier alpha value is -1.58. The molecule has 0 unspecified atom stereocenters. The van der Waals surface area contributed by atoms with Crippen molar-refractivity contribution in [1.82, 2.24) is 4.57 Å². The van der Waals surface area contributed by atoms with Crippen molar-refractivity contribution in [2.24, 2.45) is 7.05 Å². The molecule has 0 aliphatic carbocycles. The van der Waals surface area contributed by atoms with Crippen molar-refractivity contribution in [1.29, 1.82) is 5.26 Å². The summed E-state index contributed by atoms with van der Waals surface area (Å²) in [6.45, 7) is 1.28.